The van der Waals surface area contributed by atoms with Crippen molar-refractivity contribution in [3.05, 3.63) is 60.8 Å². The zero-order valence-corrected chi connectivity index (χ0v) is 37.9. The van der Waals surface area contributed by atoms with Crippen molar-refractivity contribution >= 4 is 19.8 Å². The zero-order valence-electron chi connectivity index (χ0n) is 37.0. The van der Waals surface area contributed by atoms with Crippen LogP contribution in [0.1, 0.15) is 174 Å². The van der Waals surface area contributed by atoms with Gasteiger partial charge in [-0.05, 0) is 83.5 Å². The van der Waals surface area contributed by atoms with Crippen LogP contribution in [0.15, 0.2) is 60.8 Å². The van der Waals surface area contributed by atoms with E-state index in [1.165, 1.54) is 64.2 Å². The Kier molecular flexibility index (Phi) is 37.6. The molecule has 0 spiro atoms. The van der Waals surface area contributed by atoms with Gasteiger partial charge in [-0.1, -0.05) is 139 Å². The minimum Gasteiger partial charge on any atom is -0.756 e. The second-order valence-corrected chi connectivity index (χ2v) is 17.5. The summed E-state index contributed by atoms with van der Waals surface area (Å²) in [5, 5.41) is 0. The molecule has 0 saturated carbocycles. The van der Waals surface area contributed by atoms with Gasteiger partial charge in [0.25, 0.3) is 7.82 Å². The van der Waals surface area contributed by atoms with Gasteiger partial charge in [0.2, 0.25) is 0 Å². The van der Waals surface area contributed by atoms with E-state index in [1.807, 2.05) is 21.1 Å². The SMILES string of the molecule is CCCCC/C=C/C/C=C/C/C=C/C/C=C/CCCCCC(=O)O[C@H](COC(=O)CCCCCCC/C=C/CCCCCCC)COP(=O)([O-])OCC[N+](C)(C)C. The molecule has 0 aromatic carbocycles. The molecule has 1 unspecified atom stereocenters. The van der Waals surface area contributed by atoms with Crippen LogP contribution >= 0.6 is 7.82 Å². The van der Waals surface area contributed by atoms with E-state index in [-0.39, 0.29) is 26.1 Å². The molecule has 10 heteroatoms. The predicted octanol–water partition coefficient (Wildman–Crippen LogP) is 12.2. The van der Waals surface area contributed by atoms with Crippen LogP contribution in [0.5, 0.6) is 0 Å². The third kappa shape index (κ3) is 43.1. The Morgan fingerprint density at radius 3 is 1.47 bits per heavy atom. The molecule has 330 valence electrons. The van der Waals surface area contributed by atoms with Crippen LogP contribution in [0, 0.1) is 0 Å². The number of rotatable bonds is 40. The first-order chi connectivity index (χ1) is 27.5. The lowest BCUT2D eigenvalue weighted by atomic mass is 10.1. The van der Waals surface area contributed by atoms with Crippen molar-refractivity contribution in [1.29, 1.82) is 0 Å². The third-order valence-electron chi connectivity index (χ3n) is 9.26. The molecule has 57 heavy (non-hydrogen) atoms. The monoisotopic (exact) mass is 822 g/mol. The van der Waals surface area contributed by atoms with Gasteiger partial charge >= 0.3 is 11.9 Å². The van der Waals surface area contributed by atoms with E-state index in [0.29, 0.717) is 23.9 Å². The summed E-state index contributed by atoms with van der Waals surface area (Å²) in [6.07, 6.45) is 46.7. The molecule has 0 aromatic heterocycles. The Balaban J connectivity index is 4.44. The molecule has 0 bridgehead atoms. The lowest BCUT2D eigenvalue weighted by molar-refractivity contribution is -0.870. The molecule has 0 rings (SSSR count). The van der Waals surface area contributed by atoms with E-state index >= 15 is 0 Å². The number of phosphoric acid groups is 1. The molecule has 9 nitrogen and oxygen atoms in total. The molecule has 0 amide bonds. The molecule has 0 aliphatic carbocycles. The topological polar surface area (TPSA) is 111 Å². The van der Waals surface area contributed by atoms with Crippen molar-refractivity contribution in [2.75, 3.05) is 47.5 Å². The quantitative estimate of drug-likeness (QED) is 0.0197. The lowest BCUT2D eigenvalue weighted by Crippen LogP contribution is -2.37. The molecular formula is C47H84NO8P. The first-order valence-electron chi connectivity index (χ1n) is 22.5. The van der Waals surface area contributed by atoms with Gasteiger partial charge in [0.05, 0.1) is 27.7 Å². The summed E-state index contributed by atoms with van der Waals surface area (Å²) in [6, 6.07) is 0. The van der Waals surface area contributed by atoms with Crippen molar-refractivity contribution in [3.63, 3.8) is 0 Å². The number of unbranched alkanes of at least 4 members (excludes halogenated alkanes) is 16. The zero-order chi connectivity index (χ0) is 42.1. The number of ether oxygens (including phenoxy) is 2. The van der Waals surface area contributed by atoms with Crippen LogP contribution in [-0.2, 0) is 32.7 Å². The number of allylic oxidation sites excluding steroid dienone is 10. The number of likely N-dealkylation sites (N-methyl/N-ethyl adjacent to an activating group) is 1. The number of phosphoric ester groups is 1. The highest BCUT2D eigenvalue weighted by Gasteiger charge is 2.21. The maximum Gasteiger partial charge on any atom is 0.306 e. The van der Waals surface area contributed by atoms with E-state index in [0.717, 1.165) is 70.6 Å². The number of hydrogen-bond donors (Lipinski definition) is 0. The number of carbonyl (C=O) groups is 2. The van der Waals surface area contributed by atoms with Crippen LogP contribution in [0.25, 0.3) is 0 Å². The summed E-state index contributed by atoms with van der Waals surface area (Å²) in [5.41, 5.74) is 0. The summed E-state index contributed by atoms with van der Waals surface area (Å²) >= 11 is 0. The van der Waals surface area contributed by atoms with Gasteiger partial charge in [0, 0.05) is 12.8 Å². The van der Waals surface area contributed by atoms with Crippen molar-refractivity contribution in [2.45, 2.75) is 180 Å². The standard InChI is InChI=1S/C47H84NO8P/c1-6-8-10-12-14-16-18-20-22-23-24-25-26-28-30-32-34-36-38-40-47(50)56-45(44-55-57(51,52)54-42-41-48(3,4)5)43-53-46(49)39-37-35-33-31-29-27-21-19-17-15-13-11-9-7-2/h14,16,19-22,24-25,28,30,45H,6-13,15,17-18,23,26-27,29,31-44H2,1-5H3/b16-14+,21-19+,22-20+,25-24+,30-28+/t45-/m1/s1. The maximum absolute atomic E-state index is 12.7. The summed E-state index contributed by atoms with van der Waals surface area (Å²) in [5.74, 6) is -0.884. The predicted molar refractivity (Wildman–Crippen MR) is 236 cm³/mol. The third-order valence-corrected chi connectivity index (χ3v) is 10.2. The molecule has 0 radical (unpaired) electrons. The van der Waals surface area contributed by atoms with Gasteiger partial charge in [-0.15, -0.1) is 0 Å². The van der Waals surface area contributed by atoms with Crippen molar-refractivity contribution in [1.82, 2.24) is 0 Å². The lowest BCUT2D eigenvalue weighted by Gasteiger charge is -2.28. The number of hydrogen-bond acceptors (Lipinski definition) is 8. The van der Waals surface area contributed by atoms with Gasteiger partial charge in [0.1, 0.15) is 19.8 Å². The molecular weight excluding hydrogens is 737 g/mol. The fourth-order valence-corrected chi connectivity index (χ4v) is 6.42. The molecule has 0 N–H and O–H groups in total. The van der Waals surface area contributed by atoms with E-state index in [2.05, 4.69) is 74.6 Å². The highest BCUT2D eigenvalue weighted by atomic mass is 31.2. The van der Waals surface area contributed by atoms with Crippen LogP contribution in [0.4, 0.5) is 0 Å². The largest absolute Gasteiger partial charge is 0.756 e. The van der Waals surface area contributed by atoms with Crippen molar-refractivity contribution in [3.8, 4) is 0 Å². The minimum absolute atomic E-state index is 0.0410. The highest BCUT2D eigenvalue weighted by Crippen LogP contribution is 2.38. The maximum atomic E-state index is 12.7. The second kappa shape index (κ2) is 39.2. The van der Waals surface area contributed by atoms with Crippen LogP contribution < -0.4 is 4.89 Å². The summed E-state index contributed by atoms with van der Waals surface area (Å²) in [4.78, 5) is 37.5. The van der Waals surface area contributed by atoms with E-state index < -0.39 is 32.5 Å². The number of nitrogens with zero attached hydrogens (tertiary/aromatic N) is 1. The molecule has 0 aliphatic heterocycles. The fourth-order valence-electron chi connectivity index (χ4n) is 5.69. The normalized spacial score (nSPS) is 14.1. The molecule has 0 aliphatic rings. The van der Waals surface area contributed by atoms with E-state index in [4.69, 9.17) is 18.5 Å². The first-order valence-corrected chi connectivity index (χ1v) is 24.0. The van der Waals surface area contributed by atoms with Gasteiger partial charge < -0.3 is 27.9 Å². The molecule has 0 fully saturated rings. The number of carbonyl (C=O) groups excluding carboxylic acids is 2. The summed E-state index contributed by atoms with van der Waals surface area (Å²) in [6.45, 7) is 4.13. The first kappa shape index (κ1) is 54.7. The van der Waals surface area contributed by atoms with Crippen molar-refractivity contribution in [2.24, 2.45) is 0 Å². The Morgan fingerprint density at radius 2 is 0.947 bits per heavy atom. The fraction of sp³-hybridized carbons (Fsp3) is 0.745. The average molecular weight is 822 g/mol. The van der Waals surface area contributed by atoms with Crippen LogP contribution in [0.3, 0.4) is 0 Å². The number of esters is 2. The van der Waals surface area contributed by atoms with E-state index in [1.54, 1.807) is 0 Å². The highest BCUT2D eigenvalue weighted by molar-refractivity contribution is 7.45. The Bertz CT molecular complexity index is 1160. The van der Waals surface area contributed by atoms with Crippen molar-refractivity contribution < 1.29 is 42.1 Å². The summed E-state index contributed by atoms with van der Waals surface area (Å²) in [7, 11) is 1.13. The Morgan fingerprint density at radius 1 is 0.544 bits per heavy atom. The molecule has 0 heterocycles. The minimum atomic E-state index is -4.64. The van der Waals surface area contributed by atoms with Gasteiger partial charge in [0.15, 0.2) is 6.10 Å². The Labute approximate surface area is 349 Å². The van der Waals surface area contributed by atoms with Crippen LogP contribution in [0.2, 0.25) is 0 Å². The average Bonchev–Trinajstić information content (AvgIpc) is 3.16. The molecule has 0 saturated heterocycles. The van der Waals surface area contributed by atoms with E-state index in [9.17, 15) is 19.0 Å². The second-order valence-electron chi connectivity index (χ2n) is 16.1. The van der Waals surface area contributed by atoms with Crippen LogP contribution in [-0.4, -0.2) is 70.0 Å². The Hall–Kier alpha value is -2.29. The van der Waals surface area contributed by atoms with Gasteiger partial charge in [-0.3, -0.25) is 14.2 Å². The van der Waals surface area contributed by atoms with Gasteiger partial charge in [-0.25, -0.2) is 0 Å². The molecule has 0 aromatic rings. The summed E-state index contributed by atoms with van der Waals surface area (Å²) < 4.78 is 33.9. The number of quaternary nitrogens is 1. The smallest absolute Gasteiger partial charge is 0.306 e. The molecule has 2 atom stereocenters. The van der Waals surface area contributed by atoms with Gasteiger partial charge in [-0.2, -0.15) is 0 Å².